The highest BCUT2D eigenvalue weighted by molar-refractivity contribution is 9.10. The van der Waals surface area contributed by atoms with Crippen LogP contribution in [0.3, 0.4) is 0 Å². The van der Waals surface area contributed by atoms with E-state index in [9.17, 15) is 9.50 Å². The molecule has 1 atom stereocenters. The second-order valence-electron chi connectivity index (χ2n) is 4.07. The molecule has 0 fully saturated rings. The maximum Gasteiger partial charge on any atom is 0.137 e. The molecule has 0 saturated carbocycles. The van der Waals surface area contributed by atoms with Gasteiger partial charge in [0.25, 0.3) is 0 Å². The molecule has 3 nitrogen and oxygen atoms in total. The van der Waals surface area contributed by atoms with Crippen molar-refractivity contribution in [2.45, 2.75) is 6.10 Å². The first-order chi connectivity index (χ1) is 9.06. The third kappa shape index (κ3) is 3.68. The summed E-state index contributed by atoms with van der Waals surface area (Å²) in [6, 6.07) is 11.2. The first-order valence-corrected chi connectivity index (χ1v) is 6.47. The van der Waals surface area contributed by atoms with E-state index in [1.807, 2.05) is 0 Å². The van der Waals surface area contributed by atoms with E-state index in [0.29, 0.717) is 15.9 Å². The monoisotopic (exact) mass is 325 g/mol. The topological polar surface area (TPSA) is 55.5 Å². The number of hydrogen-bond acceptors (Lipinski definition) is 3. The lowest BCUT2D eigenvalue weighted by Crippen LogP contribution is -2.09. The van der Waals surface area contributed by atoms with Gasteiger partial charge in [-0.3, -0.25) is 0 Å². The van der Waals surface area contributed by atoms with Gasteiger partial charge >= 0.3 is 0 Å². The van der Waals surface area contributed by atoms with Crippen molar-refractivity contribution in [2.24, 2.45) is 0 Å². The van der Waals surface area contributed by atoms with E-state index in [2.05, 4.69) is 15.9 Å². The molecule has 0 aliphatic rings. The van der Waals surface area contributed by atoms with Gasteiger partial charge in [0.15, 0.2) is 0 Å². The van der Waals surface area contributed by atoms with Gasteiger partial charge in [0.05, 0.1) is 4.47 Å². The number of benzene rings is 2. The normalized spacial score (nSPS) is 12.2. The summed E-state index contributed by atoms with van der Waals surface area (Å²) in [7, 11) is 0. The Morgan fingerprint density at radius 1 is 1.21 bits per heavy atom. The quantitative estimate of drug-likeness (QED) is 0.848. The Morgan fingerprint density at radius 3 is 2.53 bits per heavy atom. The van der Waals surface area contributed by atoms with Crippen LogP contribution in [0.4, 0.5) is 10.1 Å². The van der Waals surface area contributed by atoms with Gasteiger partial charge < -0.3 is 15.6 Å². The smallest absolute Gasteiger partial charge is 0.137 e. The Hall–Kier alpha value is -1.59. The average Bonchev–Trinajstić information content (AvgIpc) is 2.40. The lowest BCUT2D eigenvalue weighted by atomic mass is 10.1. The molecule has 2 aromatic carbocycles. The minimum atomic E-state index is -0.760. The number of aliphatic hydroxyl groups excluding tert-OH is 1. The van der Waals surface area contributed by atoms with Crippen molar-refractivity contribution in [3.63, 3.8) is 0 Å². The summed E-state index contributed by atoms with van der Waals surface area (Å²) in [5.74, 6) is 0.134. The summed E-state index contributed by atoms with van der Waals surface area (Å²) >= 11 is 3.07. The molecule has 0 amide bonds. The predicted molar refractivity (Wildman–Crippen MR) is 75.4 cm³/mol. The van der Waals surface area contributed by atoms with E-state index in [-0.39, 0.29) is 12.4 Å². The summed E-state index contributed by atoms with van der Waals surface area (Å²) in [4.78, 5) is 0. The number of ether oxygens (including phenoxy) is 1. The van der Waals surface area contributed by atoms with Crippen LogP contribution >= 0.6 is 15.9 Å². The number of hydrogen-bond donors (Lipinski definition) is 2. The molecule has 0 aromatic heterocycles. The molecule has 1 unspecified atom stereocenters. The molecule has 2 rings (SSSR count). The number of anilines is 1. The third-order valence-electron chi connectivity index (χ3n) is 2.62. The fraction of sp³-hybridized carbons (Fsp3) is 0.143. The average molecular weight is 326 g/mol. The highest BCUT2D eigenvalue weighted by atomic mass is 79.9. The highest BCUT2D eigenvalue weighted by Crippen LogP contribution is 2.23. The zero-order valence-corrected chi connectivity index (χ0v) is 11.6. The van der Waals surface area contributed by atoms with Gasteiger partial charge in [-0.2, -0.15) is 0 Å². The molecule has 0 heterocycles. The van der Waals surface area contributed by atoms with E-state index in [4.69, 9.17) is 10.5 Å². The fourth-order valence-corrected chi connectivity index (χ4v) is 1.91. The Morgan fingerprint density at radius 2 is 1.89 bits per heavy atom. The first-order valence-electron chi connectivity index (χ1n) is 5.67. The zero-order valence-electron chi connectivity index (χ0n) is 10.0. The van der Waals surface area contributed by atoms with Crippen molar-refractivity contribution in [1.29, 1.82) is 0 Å². The Kier molecular flexibility index (Phi) is 4.39. The van der Waals surface area contributed by atoms with Crippen LogP contribution < -0.4 is 10.5 Å². The van der Waals surface area contributed by atoms with E-state index in [1.54, 1.807) is 24.3 Å². The summed E-state index contributed by atoms with van der Waals surface area (Å²) in [5.41, 5.74) is 6.93. The zero-order chi connectivity index (χ0) is 13.8. The van der Waals surface area contributed by atoms with Crippen LogP contribution in [-0.2, 0) is 0 Å². The molecule has 100 valence electrons. The summed E-state index contributed by atoms with van der Waals surface area (Å²) in [6.07, 6.45) is -0.760. The maximum atomic E-state index is 13.0. The van der Waals surface area contributed by atoms with E-state index >= 15 is 0 Å². The highest BCUT2D eigenvalue weighted by Gasteiger charge is 2.09. The van der Waals surface area contributed by atoms with Crippen LogP contribution in [0.15, 0.2) is 46.9 Å². The fourth-order valence-electron chi connectivity index (χ4n) is 1.56. The number of nitrogen functional groups attached to an aromatic ring is 1. The SMILES string of the molecule is Nc1ccc(C(O)COc2ccc(F)c(Br)c2)cc1. The van der Waals surface area contributed by atoms with Crippen LogP contribution in [0.5, 0.6) is 5.75 Å². The van der Waals surface area contributed by atoms with Gasteiger partial charge in [-0.1, -0.05) is 12.1 Å². The van der Waals surface area contributed by atoms with Gasteiger partial charge in [0.1, 0.15) is 24.3 Å². The van der Waals surface area contributed by atoms with E-state index in [1.165, 1.54) is 18.2 Å². The van der Waals surface area contributed by atoms with Crippen molar-refractivity contribution >= 4 is 21.6 Å². The second-order valence-corrected chi connectivity index (χ2v) is 4.92. The molecule has 2 aromatic rings. The van der Waals surface area contributed by atoms with Crippen LogP contribution in [0.2, 0.25) is 0 Å². The van der Waals surface area contributed by atoms with E-state index in [0.717, 1.165) is 5.56 Å². The third-order valence-corrected chi connectivity index (χ3v) is 3.23. The Balaban J connectivity index is 1.98. The minimum Gasteiger partial charge on any atom is -0.490 e. The standard InChI is InChI=1S/C14H13BrFNO2/c15-12-7-11(5-6-13(12)16)19-8-14(18)9-1-3-10(17)4-2-9/h1-7,14,18H,8,17H2. The largest absolute Gasteiger partial charge is 0.490 e. The molecule has 3 N–H and O–H groups in total. The van der Waals surface area contributed by atoms with Crippen LogP contribution in [0, 0.1) is 5.82 Å². The number of aliphatic hydroxyl groups is 1. The van der Waals surface area contributed by atoms with Gasteiger partial charge in [0.2, 0.25) is 0 Å². The lowest BCUT2D eigenvalue weighted by molar-refractivity contribution is 0.108. The molecule has 0 radical (unpaired) electrons. The van der Waals surface area contributed by atoms with Crippen LogP contribution in [-0.4, -0.2) is 11.7 Å². The molecule has 0 saturated heterocycles. The molecule has 0 bridgehead atoms. The van der Waals surface area contributed by atoms with Crippen molar-refractivity contribution in [3.8, 4) is 5.75 Å². The van der Waals surface area contributed by atoms with Crippen LogP contribution in [0.1, 0.15) is 11.7 Å². The van der Waals surface area contributed by atoms with Crippen molar-refractivity contribution in [3.05, 3.63) is 58.3 Å². The van der Waals surface area contributed by atoms with E-state index < -0.39 is 6.10 Å². The second kappa shape index (κ2) is 6.04. The molecular weight excluding hydrogens is 313 g/mol. The molecule has 0 aliphatic carbocycles. The predicted octanol–water partition coefficient (Wildman–Crippen LogP) is 3.28. The molecule has 0 spiro atoms. The minimum absolute atomic E-state index is 0.0853. The molecule has 19 heavy (non-hydrogen) atoms. The number of rotatable bonds is 4. The molecular formula is C14H13BrFNO2. The summed E-state index contributed by atoms with van der Waals surface area (Å²) in [5, 5.41) is 9.95. The Bertz CT molecular complexity index is 560. The number of halogens is 2. The van der Waals surface area contributed by atoms with Gasteiger partial charge in [0, 0.05) is 5.69 Å². The summed E-state index contributed by atoms with van der Waals surface area (Å²) in [6.45, 7) is 0.0853. The van der Waals surface area contributed by atoms with Gasteiger partial charge in [-0.25, -0.2) is 4.39 Å². The van der Waals surface area contributed by atoms with Crippen molar-refractivity contribution < 1.29 is 14.2 Å². The van der Waals surface area contributed by atoms with Gasteiger partial charge in [-0.15, -0.1) is 0 Å². The Labute approximate surface area is 118 Å². The molecule has 0 aliphatic heterocycles. The lowest BCUT2D eigenvalue weighted by Gasteiger charge is -2.13. The number of nitrogens with two attached hydrogens (primary N) is 1. The van der Waals surface area contributed by atoms with Crippen molar-refractivity contribution in [1.82, 2.24) is 0 Å². The maximum absolute atomic E-state index is 13.0. The first kappa shape index (κ1) is 13.8. The van der Waals surface area contributed by atoms with Crippen LogP contribution in [0.25, 0.3) is 0 Å². The summed E-state index contributed by atoms with van der Waals surface area (Å²) < 4.78 is 18.8. The van der Waals surface area contributed by atoms with Gasteiger partial charge in [-0.05, 0) is 51.8 Å². The van der Waals surface area contributed by atoms with Crippen molar-refractivity contribution in [2.75, 3.05) is 12.3 Å². The molecule has 5 heteroatoms.